The minimum absolute atomic E-state index is 0.0337. The van der Waals surface area contributed by atoms with Crippen molar-refractivity contribution in [3.05, 3.63) is 82.3 Å². The molecule has 0 saturated carbocycles. The number of sulfonamides is 1. The van der Waals surface area contributed by atoms with Crippen LogP contribution in [0.5, 0.6) is 0 Å². The van der Waals surface area contributed by atoms with Gasteiger partial charge < -0.3 is 14.5 Å². The molecule has 0 spiro atoms. The lowest BCUT2D eigenvalue weighted by molar-refractivity contribution is -0.123. The van der Waals surface area contributed by atoms with E-state index < -0.39 is 26.9 Å². The number of carbonyl (C=O) groups excluding carboxylic acids is 1. The molecular formula is C29H34FN5O4S. The molecule has 3 N–H and O–H groups in total. The van der Waals surface area contributed by atoms with Crippen LogP contribution in [0.2, 0.25) is 0 Å². The van der Waals surface area contributed by atoms with Gasteiger partial charge in [-0.25, -0.2) is 22.9 Å². The Morgan fingerprint density at radius 1 is 1.12 bits per heavy atom. The molecule has 0 radical (unpaired) electrons. The maximum absolute atomic E-state index is 15.5. The topological polar surface area (TPSA) is 129 Å². The van der Waals surface area contributed by atoms with Crippen LogP contribution in [0.15, 0.2) is 64.4 Å². The van der Waals surface area contributed by atoms with Crippen molar-refractivity contribution < 1.29 is 17.6 Å². The van der Waals surface area contributed by atoms with Crippen LogP contribution < -0.4 is 16.0 Å². The van der Waals surface area contributed by atoms with E-state index in [1.807, 2.05) is 27.7 Å². The summed E-state index contributed by atoms with van der Waals surface area (Å²) in [6, 6.07) is 12.3. The summed E-state index contributed by atoms with van der Waals surface area (Å²) >= 11 is 0. The number of pyridine rings is 1. The quantitative estimate of drug-likeness (QED) is 0.316. The van der Waals surface area contributed by atoms with Crippen LogP contribution in [-0.2, 0) is 34.3 Å². The SMILES string of the molecule is CCCCc1nc2ccn(CC(=O)NC(C)(C)C)c(=O)c2n1Cc1ccc(-c2ccccc2S(N)(=O)=O)cc1F. The van der Waals surface area contributed by atoms with Crippen LogP contribution in [0.4, 0.5) is 4.39 Å². The second kappa shape index (κ2) is 11.3. The molecule has 11 heteroatoms. The van der Waals surface area contributed by atoms with Crippen LogP contribution in [0.25, 0.3) is 22.2 Å². The van der Waals surface area contributed by atoms with E-state index in [1.54, 1.807) is 47.2 Å². The van der Waals surface area contributed by atoms with Gasteiger partial charge in [0, 0.05) is 29.3 Å². The third-order valence-corrected chi connectivity index (χ3v) is 7.39. The van der Waals surface area contributed by atoms with Gasteiger partial charge in [0.1, 0.15) is 23.7 Å². The van der Waals surface area contributed by atoms with Gasteiger partial charge in [-0.05, 0) is 51.0 Å². The smallest absolute Gasteiger partial charge is 0.277 e. The number of carbonyl (C=O) groups is 1. The molecule has 0 aliphatic rings. The van der Waals surface area contributed by atoms with E-state index in [0.29, 0.717) is 40.0 Å². The zero-order chi connectivity index (χ0) is 29.2. The van der Waals surface area contributed by atoms with Crippen LogP contribution in [-0.4, -0.2) is 34.0 Å². The number of rotatable bonds is 9. The van der Waals surface area contributed by atoms with Gasteiger partial charge in [-0.15, -0.1) is 0 Å². The second-order valence-electron chi connectivity index (χ2n) is 10.8. The van der Waals surface area contributed by atoms with Crippen molar-refractivity contribution in [2.24, 2.45) is 5.14 Å². The number of unbranched alkanes of at least 4 members (excludes halogenated alkanes) is 1. The molecule has 4 rings (SSSR count). The predicted octanol–water partition coefficient (Wildman–Crippen LogP) is 3.96. The fourth-order valence-corrected chi connectivity index (χ4v) is 5.39. The number of imidazole rings is 1. The van der Waals surface area contributed by atoms with Gasteiger partial charge in [-0.1, -0.05) is 43.7 Å². The molecule has 0 atom stereocenters. The molecule has 0 fully saturated rings. The first-order valence-corrected chi connectivity index (χ1v) is 14.6. The van der Waals surface area contributed by atoms with Crippen molar-refractivity contribution in [3.63, 3.8) is 0 Å². The average Bonchev–Trinajstić information content (AvgIpc) is 3.21. The Balaban J connectivity index is 1.76. The van der Waals surface area contributed by atoms with E-state index in [4.69, 9.17) is 5.14 Å². The summed E-state index contributed by atoms with van der Waals surface area (Å²) < 4.78 is 42.6. The maximum Gasteiger partial charge on any atom is 0.277 e. The number of hydrogen-bond acceptors (Lipinski definition) is 5. The van der Waals surface area contributed by atoms with Crippen molar-refractivity contribution in [2.75, 3.05) is 0 Å². The van der Waals surface area contributed by atoms with E-state index in [-0.39, 0.29) is 23.9 Å². The Bertz CT molecular complexity index is 1740. The first-order valence-electron chi connectivity index (χ1n) is 13.1. The molecule has 0 aliphatic heterocycles. The van der Waals surface area contributed by atoms with Gasteiger partial charge in [0.25, 0.3) is 5.56 Å². The van der Waals surface area contributed by atoms with Crippen LogP contribution in [0.3, 0.4) is 0 Å². The number of nitrogens with one attached hydrogen (secondary N) is 1. The highest BCUT2D eigenvalue weighted by Crippen LogP contribution is 2.28. The average molecular weight is 568 g/mol. The summed E-state index contributed by atoms with van der Waals surface area (Å²) in [6.45, 7) is 7.50. The van der Waals surface area contributed by atoms with Crippen LogP contribution >= 0.6 is 0 Å². The molecule has 4 aromatic rings. The van der Waals surface area contributed by atoms with Gasteiger partial charge in [0.2, 0.25) is 15.9 Å². The van der Waals surface area contributed by atoms with E-state index in [0.717, 1.165) is 12.8 Å². The second-order valence-corrected chi connectivity index (χ2v) is 12.4. The first-order chi connectivity index (χ1) is 18.8. The summed E-state index contributed by atoms with van der Waals surface area (Å²) in [7, 11) is -4.01. The lowest BCUT2D eigenvalue weighted by Crippen LogP contribution is -2.43. The molecule has 2 aromatic carbocycles. The Morgan fingerprint density at radius 2 is 1.85 bits per heavy atom. The summed E-state index contributed by atoms with van der Waals surface area (Å²) in [6.07, 6.45) is 3.88. The van der Waals surface area contributed by atoms with Crippen molar-refractivity contribution in [1.29, 1.82) is 0 Å². The molecule has 2 aromatic heterocycles. The number of amides is 1. The molecule has 212 valence electrons. The monoisotopic (exact) mass is 567 g/mol. The van der Waals surface area contributed by atoms with Crippen molar-refractivity contribution in [2.45, 2.75) is 70.5 Å². The standard InChI is InChI=1S/C29H34FN5O4S/c1-5-6-11-25-32-23-14-15-34(18-26(36)33-29(2,3)4)28(37)27(23)35(25)17-20-13-12-19(16-22(20)30)21-9-7-8-10-24(21)40(31,38)39/h7-10,12-16H,5-6,11,17-18H2,1-4H3,(H,33,36)(H2,31,38,39). The molecule has 0 saturated heterocycles. The third-order valence-electron chi connectivity index (χ3n) is 6.42. The molecule has 1 amide bonds. The Kier molecular flexibility index (Phi) is 8.27. The summed E-state index contributed by atoms with van der Waals surface area (Å²) in [5.74, 6) is -0.215. The lowest BCUT2D eigenvalue weighted by atomic mass is 10.0. The Labute approximate surface area is 232 Å². The number of nitrogens with zero attached hydrogens (tertiary/aromatic N) is 3. The largest absolute Gasteiger partial charge is 0.350 e. The zero-order valence-electron chi connectivity index (χ0n) is 23.1. The predicted molar refractivity (Wildman–Crippen MR) is 153 cm³/mol. The highest BCUT2D eigenvalue weighted by molar-refractivity contribution is 7.89. The minimum atomic E-state index is -4.01. The summed E-state index contributed by atoms with van der Waals surface area (Å²) in [5.41, 5.74) is 0.884. The number of fused-ring (bicyclic) bond motifs is 1. The van der Waals surface area contributed by atoms with Crippen molar-refractivity contribution in [3.8, 4) is 11.1 Å². The summed E-state index contributed by atoms with van der Waals surface area (Å²) in [4.78, 5) is 30.6. The van der Waals surface area contributed by atoms with E-state index in [2.05, 4.69) is 10.3 Å². The lowest BCUT2D eigenvalue weighted by Gasteiger charge is -2.20. The normalized spacial score (nSPS) is 12.2. The molecule has 2 heterocycles. The number of aromatic nitrogens is 3. The maximum atomic E-state index is 15.5. The summed E-state index contributed by atoms with van der Waals surface area (Å²) in [5, 5.41) is 8.21. The number of hydrogen-bond donors (Lipinski definition) is 2. The fourth-order valence-electron chi connectivity index (χ4n) is 4.62. The van der Waals surface area contributed by atoms with E-state index in [1.165, 1.54) is 16.7 Å². The highest BCUT2D eigenvalue weighted by atomic mass is 32.2. The van der Waals surface area contributed by atoms with E-state index >= 15 is 4.39 Å². The van der Waals surface area contributed by atoms with Crippen LogP contribution in [0.1, 0.15) is 51.9 Å². The highest BCUT2D eigenvalue weighted by Gasteiger charge is 2.20. The van der Waals surface area contributed by atoms with Gasteiger partial charge in [0.15, 0.2) is 0 Å². The molecule has 40 heavy (non-hydrogen) atoms. The molecule has 0 unspecified atom stereocenters. The third kappa shape index (κ3) is 6.48. The van der Waals surface area contributed by atoms with Gasteiger partial charge >= 0.3 is 0 Å². The van der Waals surface area contributed by atoms with Crippen molar-refractivity contribution in [1.82, 2.24) is 19.4 Å². The number of benzene rings is 2. The number of aryl methyl sites for hydroxylation is 1. The van der Waals surface area contributed by atoms with Gasteiger partial charge in [0.05, 0.1) is 17.0 Å². The van der Waals surface area contributed by atoms with Gasteiger partial charge in [-0.2, -0.15) is 0 Å². The zero-order valence-corrected chi connectivity index (χ0v) is 23.9. The minimum Gasteiger partial charge on any atom is -0.350 e. The van der Waals surface area contributed by atoms with Crippen LogP contribution in [0, 0.1) is 5.82 Å². The fraction of sp³-hybridized carbons (Fsp3) is 0.345. The molecular weight excluding hydrogens is 533 g/mol. The van der Waals surface area contributed by atoms with Crippen molar-refractivity contribution >= 4 is 27.0 Å². The molecule has 0 aliphatic carbocycles. The molecule has 9 nitrogen and oxygen atoms in total. The first kappa shape index (κ1) is 29.2. The van der Waals surface area contributed by atoms with E-state index in [9.17, 15) is 18.0 Å². The Hall–Kier alpha value is -3.83. The van der Waals surface area contributed by atoms with Gasteiger partial charge in [-0.3, -0.25) is 9.59 Å². The number of halogens is 1. The number of primary sulfonamides is 1. The Morgan fingerprint density at radius 3 is 2.50 bits per heavy atom. The number of nitrogens with two attached hydrogens (primary N) is 1. The molecule has 0 bridgehead atoms.